The topological polar surface area (TPSA) is 39.1 Å². The van der Waals surface area contributed by atoms with Gasteiger partial charge in [-0.05, 0) is 63.1 Å². The Morgan fingerprint density at radius 3 is 2.55 bits per heavy atom. The highest BCUT2D eigenvalue weighted by atomic mass is 15.1. The minimum absolute atomic E-state index is 0.737. The summed E-state index contributed by atoms with van der Waals surface area (Å²) in [7, 11) is 0. The average molecular weight is 273 g/mol. The molecule has 110 valence electrons. The van der Waals surface area contributed by atoms with Crippen molar-refractivity contribution in [3.05, 3.63) is 35.4 Å². The van der Waals surface area contributed by atoms with E-state index in [4.69, 9.17) is 5.26 Å². The lowest BCUT2D eigenvalue weighted by Crippen LogP contribution is -2.29. The fourth-order valence-electron chi connectivity index (χ4n) is 2.38. The summed E-state index contributed by atoms with van der Waals surface area (Å²) in [5, 5.41) is 12.3. The van der Waals surface area contributed by atoms with Gasteiger partial charge in [0.05, 0.1) is 11.6 Å². The summed E-state index contributed by atoms with van der Waals surface area (Å²) in [4.78, 5) is 2.54. The summed E-state index contributed by atoms with van der Waals surface area (Å²) in [5.41, 5.74) is 1.92. The highest BCUT2D eigenvalue weighted by molar-refractivity contribution is 5.32. The molecule has 1 aromatic carbocycles. The number of hydrogen-bond donors (Lipinski definition) is 1. The zero-order valence-corrected chi connectivity index (χ0v) is 12.9. The second kappa shape index (κ2) is 10.4. The van der Waals surface area contributed by atoms with Crippen LogP contribution in [-0.2, 0) is 6.54 Å². The van der Waals surface area contributed by atoms with E-state index in [9.17, 15) is 0 Å². The Balaban J connectivity index is 2.19. The molecule has 0 aliphatic rings. The van der Waals surface area contributed by atoms with E-state index in [0.717, 1.165) is 18.7 Å². The first kappa shape index (κ1) is 16.7. The minimum atomic E-state index is 0.737. The molecule has 0 aliphatic heterocycles. The van der Waals surface area contributed by atoms with E-state index in [1.165, 1.54) is 44.5 Å². The van der Waals surface area contributed by atoms with Crippen LogP contribution in [0.25, 0.3) is 0 Å². The Hall–Kier alpha value is -1.37. The molecule has 0 fully saturated rings. The molecule has 0 saturated carbocycles. The fourth-order valence-corrected chi connectivity index (χ4v) is 2.38. The van der Waals surface area contributed by atoms with E-state index in [1.54, 1.807) is 0 Å². The van der Waals surface area contributed by atoms with Crippen LogP contribution in [0.1, 0.15) is 44.2 Å². The third-order valence-electron chi connectivity index (χ3n) is 3.29. The first-order valence-electron chi connectivity index (χ1n) is 7.72. The normalized spacial score (nSPS) is 10.7. The van der Waals surface area contributed by atoms with Crippen LogP contribution in [0.3, 0.4) is 0 Å². The predicted octanol–water partition coefficient (Wildman–Crippen LogP) is 3.16. The Labute approximate surface area is 123 Å². The number of hydrogen-bond acceptors (Lipinski definition) is 3. The summed E-state index contributed by atoms with van der Waals surface area (Å²) >= 11 is 0. The smallest absolute Gasteiger partial charge is 0.0991 e. The summed E-state index contributed by atoms with van der Waals surface area (Å²) in [5.74, 6) is 0. The lowest BCUT2D eigenvalue weighted by molar-refractivity contribution is 0.270. The van der Waals surface area contributed by atoms with Gasteiger partial charge in [-0.25, -0.2) is 0 Å². The molecule has 0 amide bonds. The van der Waals surface area contributed by atoms with Gasteiger partial charge in [0.25, 0.3) is 0 Å². The first-order chi connectivity index (χ1) is 9.80. The summed E-state index contributed by atoms with van der Waals surface area (Å²) in [6.07, 6.45) is 3.64. The third-order valence-corrected chi connectivity index (χ3v) is 3.29. The SMILES string of the molecule is CCCN(CCC)CCCNCc1cccc(C#N)c1. The lowest BCUT2D eigenvalue weighted by atomic mass is 10.1. The van der Waals surface area contributed by atoms with Crippen molar-refractivity contribution in [2.75, 3.05) is 26.2 Å². The fraction of sp³-hybridized carbons (Fsp3) is 0.588. The van der Waals surface area contributed by atoms with Crippen LogP contribution in [-0.4, -0.2) is 31.1 Å². The molecule has 0 saturated heterocycles. The molecule has 0 atom stereocenters. The van der Waals surface area contributed by atoms with E-state index in [2.05, 4.69) is 36.2 Å². The van der Waals surface area contributed by atoms with Crippen molar-refractivity contribution in [3.63, 3.8) is 0 Å². The van der Waals surface area contributed by atoms with Crippen molar-refractivity contribution < 1.29 is 0 Å². The molecule has 0 unspecified atom stereocenters. The quantitative estimate of drug-likeness (QED) is 0.666. The number of nitrogens with one attached hydrogen (secondary N) is 1. The third kappa shape index (κ3) is 6.70. The van der Waals surface area contributed by atoms with Gasteiger partial charge in [-0.3, -0.25) is 0 Å². The van der Waals surface area contributed by atoms with Crippen molar-refractivity contribution in [2.24, 2.45) is 0 Å². The van der Waals surface area contributed by atoms with Gasteiger partial charge in [-0.1, -0.05) is 26.0 Å². The zero-order chi connectivity index (χ0) is 14.6. The monoisotopic (exact) mass is 273 g/mol. The molecule has 1 N–H and O–H groups in total. The molecule has 1 aromatic rings. The molecule has 1 rings (SSSR count). The second-order valence-electron chi connectivity index (χ2n) is 5.18. The Morgan fingerprint density at radius 2 is 1.90 bits per heavy atom. The number of nitrogens with zero attached hydrogens (tertiary/aromatic N) is 2. The molecular formula is C17H27N3. The van der Waals surface area contributed by atoms with Crippen LogP contribution in [0.15, 0.2) is 24.3 Å². The Morgan fingerprint density at radius 1 is 1.15 bits per heavy atom. The van der Waals surface area contributed by atoms with Gasteiger partial charge in [0.15, 0.2) is 0 Å². The summed E-state index contributed by atoms with van der Waals surface area (Å²) < 4.78 is 0. The molecule has 0 spiro atoms. The summed E-state index contributed by atoms with van der Waals surface area (Å²) in [6, 6.07) is 9.98. The summed E-state index contributed by atoms with van der Waals surface area (Å²) in [6.45, 7) is 9.94. The largest absolute Gasteiger partial charge is 0.313 e. The van der Waals surface area contributed by atoms with E-state index < -0.39 is 0 Å². The van der Waals surface area contributed by atoms with Crippen LogP contribution in [0.4, 0.5) is 0 Å². The van der Waals surface area contributed by atoms with Crippen LogP contribution in [0.5, 0.6) is 0 Å². The van der Waals surface area contributed by atoms with Gasteiger partial charge in [0.2, 0.25) is 0 Å². The molecule has 0 aromatic heterocycles. The lowest BCUT2D eigenvalue weighted by Gasteiger charge is -2.20. The maximum atomic E-state index is 8.86. The van der Waals surface area contributed by atoms with Gasteiger partial charge in [0, 0.05) is 6.54 Å². The van der Waals surface area contributed by atoms with Crippen molar-refractivity contribution >= 4 is 0 Å². The Bertz CT molecular complexity index is 403. The standard InChI is InChI=1S/C17H27N3/c1-3-10-20(11-4-2)12-6-9-19-15-17-8-5-7-16(13-17)14-18/h5,7-8,13,19H,3-4,6,9-12,15H2,1-2H3. The zero-order valence-electron chi connectivity index (χ0n) is 12.9. The molecule has 0 heterocycles. The van der Waals surface area contributed by atoms with Crippen molar-refractivity contribution in [3.8, 4) is 6.07 Å². The maximum Gasteiger partial charge on any atom is 0.0991 e. The van der Waals surface area contributed by atoms with Crippen molar-refractivity contribution in [1.29, 1.82) is 5.26 Å². The van der Waals surface area contributed by atoms with Gasteiger partial charge in [0.1, 0.15) is 0 Å². The number of rotatable bonds is 10. The van der Waals surface area contributed by atoms with E-state index in [1.807, 2.05) is 18.2 Å². The van der Waals surface area contributed by atoms with Crippen LogP contribution in [0.2, 0.25) is 0 Å². The predicted molar refractivity (Wildman–Crippen MR) is 84.5 cm³/mol. The van der Waals surface area contributed by atoms with Crippen LogP contribution >= 0.6 is 0 Å². The van der Waals surface area contributed by atoms with Crippen LogP contribution < -0.4 is 5.32 Å². The van der Waals surface area contributed by atoms with Gasteiger partial charge in [-0.15, -0.1) is 0 Å². The number of nitriles is 1. The second-order valence-corrected chi connectivity index (χ2v) is 5.18. The van der Waals surface area contributed by atoms with Gasteiger partial charge < -0.3 is 10.2 Å². The molecule has 3 nitrogen and oxygen atoms in total. The highest BCUT2D eigenvalue weighted by Gasteiger charge is 2.01. The molecule has 0 radical (unpaired) electrons. The Kier molecular flexibility index (Phi) is 8.69. The molecule has 20 heavy (non-hydrogen) atoms. The molecular weight excluding hydrogens is 246 g/mol. The molecule has 0 bridgehead atoms. The molecule has 0 aliphatic carbocycles. The molecule has 3 heteroatoms. The van der Waals surface area contributed by atoms with Gasteiger partial charge in [-0.2, -0.15) is 5.26 Å². The van der Waals surface area contributed by atoms with E-state index >= 15 is 0 Å². The van der Waals surface area contributed by atoms with Crippen molar-refractivity contribution in [1.82, 2.24) is 10.2 Å². The van der Waals surface area contributed by atoms with Gasteiger partial charge >= 0.3 is 0 Å². The number of benzene rings is 1. The highest BCUT2D eigenvalue weighted by Crippen LogP contribution is 2.03. The van der Waals surface area contributed by atoms with Crippen molar-refractivity contribution in [2.45, 2.75) is 39.7 Å². The minimum Gasteiger partial charge on any atom is -0.313 e. The average Bonchev–Trinajstić information content (AvgIpc) is 2.47. The van der Waals surface area contributed by atoms with E-state index in [-0.39, 0.29) is 0 Å². The maximum absolute atomic E-state index is 8.86. The van der Waals surface area contributed by atoms with Crippen LogP contribution in [0, 0.1) is 11.3 Å². The van der Waals surface area contributed by atoms with E-state index in [0.29, 0.717) is 0 Å². The first-order valence-corrected chi connectivity index (χ1v) is 7.72.